The number of amides is 2. The van der Waals surface area contributed by atoms with Gasteiger partial charge in [0.25, 0.3) is 0 Å². The summed E-state index contributed by atoms with van der Waals surface area (Å²) in [5.41, 5.74) is 13.0. The highest BCUT2D eigenvalue weighted by atomic mass is 16.2. The first-order valence-corrected chi connectivity index (χ1v) is 11.2. The Hall–Kier alpha value is -2.41. The second-order valence-corrected chi connectivity index (χ2v) is 9.12. The van der Waals surface area contributed by atoms with Crippen LogP contribution in [0.25, 0.3) is 0 Å². The lowest BCUT2D eigenvalue weighted by atomic mass is 9.70. The Morgan fingerprint density at radius 1 is 0.967 bits per heavy atom. The molecule has 1 aromatic carbocycles. The van der Waals surface area contributed by atoms with Gasteiger partial charge in [0.2, 0.25) is 11.8 Å². The maximum absolute atomic E-state index is 13.7. The molecule has 1 aromatic rings. The van der Waals surface area contributed by atoms with Crippen LogP contribution >= 0.6 is 0 Å². The molecule has 1 aliphatic carbocycles. The van der Waals surface area contributed by atoms with Crippen LogP contribution in [-0.2, 0) is 16.1 Å². The summed E-state index contributed by atoms with van der Waals surface area (Å²) >= 11 is 0. The summed E-state index contributed by atoms with van der Waals surface area (Å²) in [6, 6.07) is 7.08. The molecule has 2 amide bonds. The lowest BCUT2D eigenvalue weighted by Gasteiger charge is -2.48. The number of hydrogen-bond acceptors (Lipinski definition) is 4. The highest BCUT2D eigenvalue weighted by Gasteiger charge is 2.46. The molecule has 7 nitrogen and oxygen atoms in total. The molecule has 2 saturated heterocycles. The second-order valence-electron chi connectivity index (χ2n) is 9.12. The number of amidine groups is 1. The van der Waals surface area contributed by atoms with Crippen LogP contribution in [0.3, 0.4) is 0 Å². The summed E-state index contributed by atoms with van der Waals surface area (Å²) in [5.74, 6) is 0.713. The first-order valence-electron chi connectivity index (χ1n) is 11.2. The van der Waals surface area contributed by atoms with Crippen molar-refractivity contribution in [1.29, 1.82) is 5.41 Å². The third-order valence-electron chi connectivity index (χ3n) is 7.32. The van der Waals surface area contributed by atoms with Gasteiger partial charge in [-0.05, 0) is 49.6 Å². The molecule has 7 heteroatoms. The first kappa shape index (κ1) is 20.8. The summed E-state index contributed by atoms with van der Waals surface area (Å²) in [5, 5.41) is 7.58. The van der Waals surface area contributed by atoms with Crippen molar-refractivity contribution in [2.45, 2.75) is 63.6 Å². The summed E-state index contributed by atoms with van der Waals surface area (Å²) < 4.78 is 0. The number of carbonyl (C=O) groups excluding carboxylic acids is 2. The number of nitrogens with zero attached hydrogens (tertiary/aromatic N) is 2. The van der Waals surface area contributed by atoms with Crippen LogP contribution < -0.4 is 11.5 Å². The van der Waals surface area contributed by atoms with Crippen LogP contribution in [0, 0.1) is 17.2 Å². The molecular weight excluding hydrogens is 378 g/mol. The number of hydrogen-bond donors (Lipinski definition) is 3. The fourth-order valence-electron chi connectivity index (χ4n) is 5.79. The zero-order chi connectivity index (χ0) is 21.3. The number of nitrogens with one attached hydrogen (secondary N) is 1. The number of piperidine rings is 1. The molecule has 4 rings (SSSR count). The molecule has 0 bridgehead atoms. The normalized spacial score (nSPS) is 29.4. The number of rotatable bonds is 5. The van der Waals surface area contributed by atoms with E-state index in [2.05, 4.69) is 4.90 Å². The fraction of sp³-hybridized carbons (Fsp3) is 0.609. The Morgan fingerprint density at radius 3 is 2.40 bits per heavy atom. The number of benzene rings is 1. The lowest BCUT2D eigenvalue weighted by Crippen LogP contribution is -2.59. The topological polar surface area (TPSA) is 117 Å². The van der Waals surface area contributed by atoms with E-state index in [1.54, 1.807) is 4.90 Å². The molecule has 162 valence electrons. The van der Waals surface area contributed by atoms with Gasteiger partial charge >= 0.3 is 0 Å². The van der Waals surface area contributed by atoms with Gasteiger partial charge in [0, 0.05) is 18.7 Å². The zero-order valence-electron chi connectivity index (χ0n) is 17.6. The average Bonchev–Trinajstić information content (AvgIpc) is 3.24. The summed E-state index contributed by atoms with van der Waals surface area (Å²) in [4.78, 5) is 29.7. The summed E-state index contributed by atoms with van der Waals surface area (Å²) in [6.45, 7) is 2.20. The van der Waals surface area contributed by atoms with Crippen LogP contribution in [0.15, 0.2) is 24.3 Å². The van der Waals surface area contributed by atoms with Crippen LogP contribution in [0.4, 0.5) is 0 Å². The molecular formula is C23H33N5O2. The predicted octanol–water partition coefficient (Wildman–Crippen LogP) is 1.83. The molecule has 5 N–H and O–H groups in total. The highest BCUT2D eigenvalue weighted by molar-refractivity contribution is 5.94. The Kier molecular flexibility index (Phi) is 6.09. The van der Waals surface area contributed by atoms with E-state index in [1.807, 2.05) is 24.3 Å². The Bertz CT molecular complexity index is 808. The van der Waals surface area contributed by atoms with Crippen molar-refractivity contribution in [3.63, 3.8) is 0 Å². The molecule has 2 heterocycles. The van der Waals surface area contributed by atoms with Gasteiger partial charge in [-0.1, -0.05) is 43.5 Å². The molecule has 4 atom stereocenters. The van der Waals surface area contributed by atoms with Crippen LogP contribution in [0.1, 0.15) is 56.1 Å². The Morgan fingerprint density at radius 2 is 1.70 bits per heavy atom. The van der Waals surface area contributed by atoms with E-state index in [-0.39, 0.29) is 23.7 Å². The third kappa shape index (κ3) is 4.08. The van der Waals surface area contributed by atoms with Gasteiger partial charge < -0.3 is 16.4 Å². The molecule has 0 unspecified atom stereocenters. The van der Waals surface area contributed by atoms with Gasteiger partial charge in [0.05, 0.1) is 6.04 Å². The largest absolute Gasteiger partial charge is 0.384 e. The number of nitrogens with two attached hydrogens (primary N) is 2. The smallest absolute Gasteiger partial charge is 0.240 e. The molecule has 0 radical (unpaired) electrons. The molecule has 0 aromatic heterocycles. The molecule has 3 fully saturated rings. The van der Waals surface area contributed by atoms with E-state index in [0.717, 1.165) is 31.4 Å². The Labute approximate surface area is 178 Å². The Balaban J connectivity index is 1.58. The number of likely N-dealkylation sites (tertiary alicyclic amines) is 2. The maximum Gasteiger partial charge on any atom is 0.240 e. The van der Waals surface area contributed by atoms with Crippen molar-refractivity contribution >= 4 is 17.6 Å². The van der Waals surface area contributed by atoms with Gasteiger partial charge in [0.15, 0.2) is 0 Å². The number of primary amides is 1. The van der Waals surface area contributed by atoms with Crippen molar-refractivity contribution in [1.82, 2.24) is 9.80 Å². The lowest BCUT2D eigenvalue weighted by molar-refractivity contribution is -0.147. The van der Waals surface area contributed by atoms with E-state index in [0.29, 0.717) is 36.9 Å². The highest BCUT2D eigenvalue weighted by Crippen LogP contribution is 2.41. The number of nitrogen functional groups attached to an aromatic ring is 1. The zero-order valence-corrected chi connectivity index (χ0v) is 17.6. The minimum Gasteiger partial charge on any atom is -0.384 e. The molecule has 2 aliphatic heterocycles. The van der Waals surface area contributed by atoms with E-state index in [4.69, 9.17) is 16.9 Å². The second kappa shape index (κ2) is 8.76. The average molecular weight is 412 g/mol. The van der Waals surface area contributed by atoms with E-state index in [9.17, 15) is 9.59 Å². The van der Waals surface area contributed by atoms with Crippen molar-refractivity contribution in [3.05, 3.63) is 35.4 Å². The van der Waals surface area contributed by atoms with Gasteiger partial charge in [0.1, 0.15) is 11.9 Å². The van der Waals surface area contributed by atoms with E-state index >= 15 is 0 Å². The van der Waals surface area contributed by atoms with E-state index < -0.39 is 6.04 Å². The van der Waals surface area contributed by atoms with E-state index in [1.165, 1.54) is 19.3 Å². The predicted molar refractivity (Wildman–Crippen MR) is 116 cm³/mol. The SMILES string of the molecule is N=C(N)c1ccc(CN2CC[C@@H]3CCCC[C@@H]3[C@@H]2C(=O)N2CCC[C@H]2C(N)=O)cc1. The fourth-order valence-corrected chi connectivity index (χ4v) is 5.79. The first-order chi connectivity index (χ1) is 14.5. The van der Waals surface area contributed by atoms with Crippen LogP contribution in [-0.4, -0.2) is 52.6 Å². The standard InChI is InChI=1S/C23H33N5O2/c24-21(25)17-9-7-15(8-10-17)14-27-13-11-16-4-1-2-5-18(16)20(27)23(30)28-12-3-6-19(28)22(26)29/h7-10,16,18-20H,1-6,11-14H2,(H3,24,25)(H2,26,29)/t16-,18-,19-,20+/m0/s1. The van der Waals surface area contributed by atoms with Gasteiger partial charge in [-0.25, -0.2) is 0 Å². The van der Waals surface area contributed by atoms with Crippen molar-refractivity contribution in [2.75, 3.05) is 13.1 Å². The molecule has 1 saturated carbocycles. The van der Waals surface area contributed by atoms with Crippen molar-refractivity contribution < 1.29 is 9.59 Å². The molecule has 0 spiro atoms. The number of fused-ring (bicyclic) bond motifs is 1. The van der Waals surface area contributed by atoms with Gasteiger partial charge in [-0.15, -0.1) is 0 Å². The van der Waals surface area contributed by atoms with Crippen LogP contribution in [0.2, 0.25) is 0 Å². The summed E-state index contributed by atoms with van der Waals surface area (Å²) in [6.07, 6.45) is 7.35. The monoisotopic (exact) mass is 411 g/mol. The van der Waals surface area contributed by atoms with Crippen molar-refractivity contribution in [3.8, 4) is 0 Å². The minimum atomic E-state index is -0.460. The quantitative estimate of drug-likeness (QED) is 0.506. The summed E-state index contributed by atoms with van der Waals surface area (Å²) in [7, 11) is 0. The van der Waals surface area contributed by atoms with Gasteiger partial charge in [-0.3, -0.25) is 19.9 Å². The third-order valence-corrected chi connectivity index (χ3v) is 7.32. The molecule has 3 aliphatic rings. The van der Waals surface area contributed by atoms with Crippen LogP contribution in [0.5, 0.6) is 0 Å². The number of carbonyl (C=O) groups is 2. The van der Waals surface area contributed by atoms with Crippen molar-refractivity contribution in [2.24, 2.45) is 23.3 Å². The molecule has 30 heavy (non-hydrogen) atoms. The minimum absolute atomic E-state index is 0.0594. The maximum atomic E-state index is 13.7. The van der Waals surface area contributed by atoms with Gasteiger partial charge in [-0.2, -0.15) is 0 Å².